The van der Waals surface area contributed by atoms with Crippen molar-refractivity contribution in [3.8, 4) is 5.69 Å². The van der Waals surface area contributed by atoms with E-state index in [4.69, 9.17) is 0 Å². The summed E-state index contributed by atoms with van der Waals surface area (Å²) >= 11 is 3.68. The van der Waals surface area contributed by atoms with Crippen molar-refractivity contribution < 1.29 is 0 Å². The first-order valence-corrected chi connectivity index (χ1v) is 17.4. The Bertz CT molecular complexity index is 2260. The molecular formula is C42H27N3S2. The molecule has 47 heavy (non-hydrogen) atoms. The van der Waals surface area contributed by atoms with Crippen LogP contribution in [0.1, 0.15) is 0 Å². The van der Waals surface area contributed by atoms with Gasteiger partial charge in [0.05, 0.1) is 33.8 Å². The summed E-state index contributed by atoms with van der Waals surface area (Å²) < 4.78 is 2.40. The zero-order valence-electron chi connectivity index (χ0n) is 25.2. The molecule has 0 radical (unpaired) electrons. The van der Waals surface area contributed by atoms with Crippen LogP contribution in [0.4, 0.5) is 34.1 Å². The predicted octanol–water partition coefficient (Wildman–Crippen LogP) is 12.7. The molecule has 0 fully saturated rings. The highest BCUT2D eigenvalue weighted by molar-refractivity contribution is 8.00. The number of hydrogen-bond donors (Lipinski definition) is 0. The first-order valence-electron chi connectivity index (χ1n) is 15.8. The van der Waals surface area contributed by atoms with Crippen molar-refractivity contribution in [3.63, 3.8) is 0 Å². The maximum Gasteiger partial charge on any atom is 0.0601 e. The second-order valence-electron chi connectivity index (χ2n) is 11.8. The van der Waals surface area contributed by atoms with Gasteiger partial charge in [-0.1, -0.05) is 90.3 Å². The molecule has 0 spiro atoms. The van der Waals surface area contributed by atoms with Gasteiger partial charge in [0.1, 0.15) is 0 Å². The van der Waals surface area contributed by atoms with E-state index in [-0.39, 0.29) is 0 Å². The Labute approximate surface area is 281 Å². The molecule has 0 unspecified atom stereocenters. The van der Waals surface area contributed by atoms with Crippen molar-refractivity contribution >= 4 is 79.5 Å². The lowest BCUT2D eigenvalue weighted by molar-refractivity contribution is 1.16. The highest BCUT2D eigenvalue weighted by Crippen LogP contribution is 2.53. The number of para-hydroxylation sites is 5. The van der Waals surface area contributed by atoms with E-state index in [0.29, 0.717) is 0 Å². The first-order chi connectivity index (χ1) is 23.3. The molecule has 0 saturated heterocycles. The van der Waals surface area contributed by atoms with Gasteiger partial charge >= 0.3 is 0 Å². The zero-order chi connectivity index (χ0) is 30.9. The molecule has 2 aliphatic heterocycles. The molecule has 0 N–H and O–H groups in total. The first kappa shape index (κ1) is 26.8. The van der Waals surface area contributed by atoms with Crippen LogP contribution in [-0.4, -0.2) is 4.57 Å². The lowest BCUT2D eigenvalue weighted by Crippen LogP contribution is -2.14. The molecule has 2 aliphatic rings. The summed E-state index contributed by atoms with van der Waals surface area (Å²) in [5.74, 6) is 0. The SMILES string of the molecule is c1ccc(-n2c3ccc(N4c5ccccc5Sc5ccccc54)cc3c3cc(N4c5ccccc5Sc5ccccc54)ccc32)cc1. The van der Waals surface area contributed by atoms with Crippen LogP contribution in [0.25, 0.3) is 27.5 Å². The molecule has 1 aromatic heterocycles. The van der Waals surface area contributed by atoms with Gasteiger partial charge in [-0.25, -0.2) is 0 Å². The number of benzene rings is 7. The second kappa shape index (κ2) is 10.6. The van der Waals surface area contributed by atoms with Crippen LogP contribution < -0.4 is 9.80 Å². The van der Waals surface area contributed by atoms with Gasteiger partial charge in [0, 0.05) is 47.4 Å². The van der Waals surface area contributed by atoms with Crippen molar-refractivity contribution in [2.75, 3.05) is 9.80 Å². The fraction of sp³-hybridized carbons (Fsp3) is 0. The summed E-state index contributed by atoms with van der Waals surface area (Å²) in [6, 6.07) is 59.5. The van der Waals surface area contributed by atoms with Gasteiger partial charge in [-0.3, -0.25) is 0 Å². The standard InChI is InChI=1S/C42H27N3S2/c1-2-12-28(13-3-1)43-33-24-22-29(44-35-14-4-8-18-39(35)46-40-19-9-5-15-36(40)44)26-31(33)32-27-30(23-25-34(32)43)45-37-16-6-10-20-41(37)47-42-21-11-7-17-38(42)45/h1-27H. The largest absolute Gasteiger partial charge is 0.309 e. The summed E-state index contributed by atoms with van der Waals surface area (Å²) in [6.45, 7) is 0. The number of hydrogen-bond acceptors (Lipinski definition) is 4. The zero-order valence-corrected chi connectivity index (χ0v) is 26.9. The third kappa shape index (κ3) is 4.17. The molecule has 0 amide bonds. The fourth-order valence-corrected chi connectivity index (χ4v) is 9.21. The van der Waals surface area contributed by atoms with Gasteiger partial charge in [-0.15, -0.1) is 0 Å². The van der Waals surface area contributed by atoms with Crippen LogP contribution in [-0.2, 0) is 0 Å². The average Bonchev–Trinajstić information content (AvgIpc) is 3.46. The van der Waals surface area contributed by atoms with Gasteiger partial charge in [0.15, 0.2) is 0 Å². The topological polar surface area (TPSA) is 11.4 Å². The van der Waals surface area contributed by atoms with Crippen LogP contribution in [0, 0.1) is 0 Å². The van der Waals surface area contributed by atoms with Crippen molar-refractivity contribution in [2.24, 2.45) is 0 Å². The summed E-state index contributed by atoms with van der Waals surface area (Å²) in [7, 11) is 0. The molecule has 5 heteroatoms. The highest BCUT2D eigenvalue weighted by atomic mass is 32.2. The minimum absolute atomic E-state index is 1.15. The fourth-order valence-electron chi connectivity index (χ4n) is 7.10. The molecule has 8 aromatic rings. The van der Waals surface area contributed by atoms with Crippen molar-refractivity contribution in [1.82, 2.24) is 4.57 Å². The Hall–Kier alpha value is -5.36. The predicted molar refractivity (Wildman–Crippen MR) is 198 cm³/mol. The van der Waals surface area contributed by atoms with Crippen molar-refractivity contribution in [2.45, 2.75) is 19.6 Å². The van der Waals surface area contributed by atoms with E-state index >= 15 is 0 Å². The highest BCUT2D eigenvalue weighted by Gasteiger charge is 2.27. The minimum atomic E-state index is 1.15. The lowest BCUT2D eigenvalue weighted by atomic mass is 10.1. The molecule has 0 saturated carbocycles. The van der Waals surface area contributed by atoms with E-state index < -0.39 is 0 Å². The quantitative estimate of drug-likeness (QED) is 0.191. The molecule has 7 aromatic carbocycles. The summed E-state index contributed by atoms with van der Waals surface area (Å²) in [5.41, 5.74) is 10.7. The average molecular weight is 638 g/mol. The number of anilines is 6. The maximum atomic E-state index is 2.42. The summed E-state index contributed by atoms with van der Waals surface area (Å²) in [6.07, 6.45) is 0. The molecule has 10 rings (SSSR count). The van der Waals surface area contributed by atoms with Gasteiger partial charge in [0.2, 0.25) is 0 Å². The van der Waals surface area contributed by atoms with Crippen LogP contribution in [0.2, 0.25) is 0 Å². The molecule has 0 bridgehead atoms. The van der Waals surface area contributed by atoms with E-state index in [1.165, 1.54) is 64.1 Å². The Balaban J connectivity index is 1.24. The van der Waals surface area contributed by atoms with E-state index in [0.717, 1.165) is 17.1 Å². The van der Waals surface area contributed by atoms with Crippen LogP contribution in [0.3, 0.4) is 0 Å². The van der Waals surface area contributed by atoms with Gasteiger partial charge < -0.3 is 14.4 Å². The van der Waals surface area contributed by atoms with E-state index in [9.17, 15) is 0 Å². The Morgan fingerprint density at radius 1 is 0.319 bits per heavy atom. The van der Waals surface area contributed by atoms with Gasteiger partial charge in [0.25, 0.3) is 0 Å². The van der Waals surface area contributed by atoms with E-state index in [1.807, 2.05) is 23.5 Å². The summed E-state index contributed by atoms with van der Waals surface area (Å²) in [4.78, 5) is 9.90. The second-order valence-corrected chi connectivity index (χ2v) is 14.0. The van der Waals surface area contributed by atoms with Crippen LogP contribution in [0.5, 0.6) is 0 Å². The van der Waals surface area contributed by atoms with Gasteiger partial charge in [-0.05, 0) is 97.1 Å². The van der Waals surface area contributed by atoms with Crippen molar-refractivity contribution in [3.05, 3.63) is 164 Å². The molecule has 0 atom stereocenters. The monoisotopic (exact) mass is 637 g/mol. The van der Waals surface area contributed by atoms with E-state index in [2.05, 4.69) is 178 Å². The molecule has 0 aliphatic carbocycles. The van der Waals surface area contributed by atoms with Crippen LogP contribution >= 0.6 is 23.5 Å². The molecule has 3 heterocycles. The third-order valence-corrected chi connectivity index (χ3v) is 11.4. The summed E-state index contributed by atoms with van der Waals surface area (Å²) in [5, 5.41) is 2.45. The molecule has 3 nitrogen and oxygen atoms in total. The number of fused-ring (bicyclic) bond motifs is 7. The normalized spacial score (nSPS) is 13.3. The number of aromatic nitrogens is 1. The number of rotatable bonds is 3. The minimum Gasteiger partial charge on any atom is -0.309 e. The third-order valence-electron chi connectivity index (χ3n) is 9.13. The lowest BCUT2D eigenvalue weighted by Gasteiger charge is -2.33. The molecular weight excluding hydrogens is 611 g/mol. The Morgan fingerprint density at radius 3 is 1.09 bits per heavy atom. The van der Waals surface area contributed by atoms with Crippen LogP contribution in [0.15, 0.2) is 183 Å². The van der Waals surface area contributed by atoms with E-state index in [1.54, 1.807) is 0 Å². The molecule has 222 valence electrons. The van der Waals surface area contributed by atoms with Crippen molar-refractivity contribution in [1.29, 1.82) is 0 Å². The maximum absolute atomic E-state index is 2.42. The Kier molecular flexibility index (Phi) is 6.04. The number of nitrogens with zero attached hydrogens (tertiary/aromatic N) is 3. The Morgan fingerprint density at radius 2 is 0.681 bits per heavy atom. The smallest absolute Gasteiger partial charge is 0.0601 e. The van der Waals surface area contributed by atoms with Gasteiger partial charge in [-0.2, -0.15) is 0 Å².